The van der Waals surface area contributed by atoms with Gasteiger partial charge in [0, 0.05) is 22.0 Å². The van der Waals surface area contributed by atoms with Gasteiger partial charge in [-0.05, 0) is 35.1 Å². The number of rotatable bonds is 5. The van der Waals surface area contributed by atoms with E-state index in [9.17, 15) is 4.79 Å². The molecule has 0 aliphatic carbocycles. The summed E-state index contributed by atoms with van der Waals surface area (Å²) >= 11 is 5.14. The van der Waals surface area contributed by atoms with Crippen LogP contribution >= 0.6 is 27.7 Å². The van der Waals surface area contributed by atoms with E-state index in [0.717, 1.165) is 15.1 Å². The minimum atomic E-state index is -0.108. The molecule has 1 aromatic heterocycles. The van der Waals surface area contributed by atoms with Crippen LogP contribution in [0.15, 0.2) is 44.5 Å². The van der Waals surface area contributed by atoms with E-state index in [2.05, 4.69) is 31.2 Å². The van der Waals surface area contributed by atoms with E-state index in [4.69, 9.17) is 0 Å². The smallest absolute Gasteiger partial charge is 0.251 e. The minimum Gasteiger partial charge on any atom is -0.314 e. The molecule has 4 nitrogen and oxygen atoms in total. The molecule has 0 unspecified atom stereocenters. The Bertz CT molecular complexity index is 615. The van der Waals surface area contributed by atoms with Crippen molar-refractivity contribution >= 4 is 27.7 Å². The molecular formula is C13H14BrN3OS. The van der Waals surface area contributed by atoms with Gasteiger partial charge in [-0.3, -0.25) is 4.79 Å². The molecule has 0 fully saturated rings. The lowest BCUT2D eigenvalue weighted by molar-refractivity contribution is 0.773. The summed E-state index contributed by atoms with van der Waals surface area (Å²) in [4.78, 5) is 19.8. The predicted molar refractivity (Wildman–Crippen MR) is 81.3 cm³/mol. The highest BCUT2D eigenvalue weighted by Gasteiger charge is 2.04. The van der Waals surface area contributed by atoms with Gasteiger partial charge in [0.05, 0.1) is 11.4 Å². The molecule has 0 spiro atoms. The molecule has 2 aromatic rings. The van der Waals surface area contributed by atoms with Crippen LogP contribution < -0.4 is 10.9 Å². The molecule has 1 aromatic carbocycles. The summed E-state index contributed by atoms with van der Waals surface area (Å²) in [7, 11) is 1.83. The molecule has 6 heteroatoms. The van der Waals surface area contributed by atoms with Crippen LogP contribution in [-0.4, -0.2) is 17.0 Å². The summed E-state index contributed by atoms with van der Waals surface area (Å²) in [5.74, 6) is 1.33. The molecule has 0 atom stereocenters. The Morgan fingerprint density at radius 2 is 2.21 bits per heavy atom. The molecule has 1 heterocycles. The number of aromatic amines is 1. The maximum absolute atomic E-state index is 11.5. The number of benzene rings is 1. The molecule has 0 bridgehead atoms. The molecule has 0 saturated heterocycles. The number of thioether (sulfide) groups is 1. The van der Waals surface area contributed by atoms with Crippen LogP contribution in [0.3, 0.4) is 0 Å². The number of halogens is 1. The molecule has 100 valence electrons. The van der Waals surface area contributed by atoms with E-state index < -0.39 is 0 Å². The lowest BCUT2D eigenvalue weighted by atomic mass is 10.4. The largest absolute Gasteiger partial charge is 0.314 e. The number of H-pyrrole nitrogens is 1. The zero-order valence-corrected chi connectivity index (χ0v) is 12.8. The van der Waals surface area contributed by atoms with Crippen LogP contribution in [0.2, 0.25) is 0 Å². The van der Waals surface area contributed by atoms with Crippen molar-refractivity contribution in [2.24, 2.45) is 0 Å². The zero-order valence-electron chi connectivity index (χ0n) is 10.4. The number of hydrogen-bond donors (Lipinski definition) is 2. The first kappa shape index (κ1) is 14.3. The standard InChI is InChI=1S/C13H14BrN3OS/c1-15-7-9-6-13(18)17-12(16-9)8-19-11-5-3-2-4-10(11)14/h2-6,15H,7-8H2,1H3,(H,16,17,18). The predicted octanol–water partition coefficient (Wildman–Crippen LogP) is 2.54. The lowest BCUT2D eigenvalue weighted by Gasteiger charge is -2.05. The summed E-state index contributed by atoms with van der Waals surface area (Å²) in [5, 5.41) is 2.99. The first-order valence-electron chi connectivity index (χ1n) is 5.80. The van der Waals surface area contributed by atoms with Gasteiger partial charge in [0.25, 0.3) is 5.56 Å². The average molecular weight is 340 g/mol. The highest BCUT2D eigenvalue weighted by molar-refractivity contribution is 9.10. The third kappa shape index (κ3) is 4.19. The summed E-state index contributed by atoms with van der Waals surface area (Å²) in [6, 6.07) is 9.51. The normalized spacial score (nSPS) is 10.6. The molecule has 0 aliphatic heterocycles. The van der Waals surface area contributed by atoms with Gasteiger partial charge in [0.2, 0.25) is 0 Å². The van der Waals surface area contributed by atoms with Crippen molar-refractivity contribution < 1.29 is 0 Å². The molecule has 0 amide bonds. The number of nitrogens with one attached hydrogen (secondary N) is 2. The maximum Gasteiger partial charge on any atom is 0.251 e. The zero-order chi connectivity index (χ0) is 13.7. The van der Waals surface area contributed by atoms with Crippen molar-refractivity contribution in [3.05, 3.63) is 56.7 Å². The molecule has 2 rings (SSSR count). The van der Waals surface area contributed by atoms with Crippen molar-refractivity contribution in [3.63, 3.8) is 0 Å². The summed E-state index contributed by atoms with van der Waals surface area (Å²) < 4.78 is 1.05. The number of aromatic nitrogens is 2. The molecule has 0 saturated carbocycles. The Morgan fingerprint density at radius 1 is 1.42 bits per heavy atom. The highest BCUT2D eigenvalue weighted by atomic mass is 79.9. The van der Waals surface area contributed by atoms with E-state index >= 15 is 0 Å². The summed E-state index contributed by atoms with van der Waals surface area (Å²) in [6.45, 7) is 0.594. The average Bonchev–Trinajstić information content (AvgIpc) is 2.37. The Morgan fingerprint density at radius 3 is 2.95 bits per heavy atom. The topological polar surface area (TPSA) is 57.8 Å². The fraction of sp³-hybridized carbons (Fsp3) is 0.231. The van der Waals surface area contributed by atoms with Crippen LogP contribution in [0.1, 0.15) is 11.5 Å². The van der Waals surface area contributed by atoms with Gasteiger partial charge in [-0.25, -0.2) is 4.98 Å². The summed E-state index contributed by atoms with van der Waals surface area (Å²) in [6.07, 6.45) is 0. The Kier molecular flexibility index (Phi) is 5.18. The molecule has 0 aliphatic rings. The van der Waals surface area contributed by atoms with Crippen molar-refractivity contribution in [2.75, 3.05) is 7.05 Å². The Hall–Kier alpha value is -1.11. The Labute approximate surface area is 124 Å². The second kappa shape index (κ2) is 6.88. The van der Waals surface area contributed by atoms with Crippen molar-refractivity contribution in [1.82, 2.24) is 15.3 Å². The van der Waals surface area contributed by atoms with Crippen molar-refractivity contribution in [1.29, 1.82) is 0 Å². The van der Waals surface area contributed by atoms with E-state index in [1.165, 1.54) is 6.07 Å². The summed E-state index contributed by atoms with van der Waals surface area (Å²) in [5.41, 5.74) is 0.650. The molecule has 19 heavy (non-hydrogen) atoms. The van der Waals surface area contributed by atoms with E-state index in [1.807, 2.05) is 31.3 Å². The first-order chi connectivity index (χ1) is 9.19. The van der Waals surface area contributed by atoms with Crippen LogP contribution in [0, 0.1) is 0 Å². The fourth-order valence-electron chi connectivity index (χ4n) is 1.61. The first-order valence-corrected chi connectivity index (χ1v) is 7.58. The minimum absolute atomic E-state index is 0.108. The second-order valence-corrected chi connectivity index (χ2v) is 5.80. The lowest BCUT2D eigenvalue weighted by Crippen LogP contribution is -2.16. The SMILES string of the molecule is CNCc1cc(=O)[nH]c(CSc2ccccc2Br)n1. The third-order valence-electron chi connectivity index (χ3n) is 2.40. The van der Waals surface area contributed by atoms with Crippen LogP contribution in [0.4, 0.5) is 0 Å². The van der Waals surface area contributed by atoms with E-state index in [1.54, 1.807) is 11.8 Å². The van der Waals surface area contributed by atoms with Gasteiger partial charge in [-0.15, -0.1) is 11.8 Å². The number of nitrogens with zero attached hydrogens (tertiary/aromatic N) is 1. The van der Waals surface area contributed by atoms with Gasteiger partial charge in [0.15, 0.2) is 0 Å². The maximum atomic E-state index is 11.5. The van der Waals surface area contributed by atoms with Gasteiger partial charge >= 0.3 is 0 Å². The second-order valence-electron chi connectivity index (χ2n) is 3.93. The highest BCUT2D eigenvalue weighted by Crippen LogP contribution is 2.28. The van der Waals surface area contributed by atoms with Crippen molar-refractivity contribution in [2.45, 2.75) is 17.2 Å². The molecule has 2 N–H and O–H groups in total. The van der Waals surface area contributed by atoms with Crippen LogP contribution in [-0.2, 0) is 12.3 Å². The van der Waals surface area contributed by atoms with Gasteiger partial charge < -0.3 is 10.3 Å². The van der Waals surface area contributed by atoms with Crippen molar-refractivity contribution in [3.8, 4) is 0 Å². The fourth-order valence-corrected chi connectivity index (χ4v) is 3.05. The monoisotopic (exact) mass is 339 g/mol. The third-order valence-corrected chi connectivity index (χ3v) is 4.44. The van der Waals surface area contributed by atoms with E-state index in [0.29, 0.717) is 18.1 Å². The number of hydrogen-bond acceptors (Lipinski definition) is 4. The molecular weight excluding hydrogens is 326 g/mol. The Balaban J connectivity index is 2.11. The van der Waals surface area contributed by atoms with Gasteiger partial charge in [-0.2, -0.15) is 0 Å². The van der Waals surface area contributed by atoms with Gasteiger partial charge in [-0.1, -0.05) is 12.1 Å². The molecule has 0 radical (unpaired) electrons. The van der Waals surface area contributed by atoms with Crippen LogP contribution in [0.5, 0.6) is 0 Å². The quantitative estimate of drug-likeness (QED) is 0.822. The van der Waals surface area contributed by atoms with Crippen LogP contribution in [0.25, 0.3) is 0 Å². The van der Waals surface area contributed by atoms with Gasteiger partial charge in [0.1, 0.15) is 5.82 Å². The van der Waals surface area contributed by atoms with E-state index in [-0.39, 0.29) is 5.56 Å².